The van der Waals surface area contributed by atoms with Gasteiger partial charge in [0.2, 0.25) is 0 Å². The summed E-state index contributed by atoms with van der Waals surface area (Å²) in [4.78, 5) is 20.9. The highest BCUT2D eigenvalue weighted by molar-refractivity contribution is 5.70. The predicted molar refractivity (Wildman–Crippen MR) is 96.2 cm³/mol. The Labute approximate surface area is 149 Å². The molecule has 25 heavy (non-hydrogen) atoms. The lowest BCUT2D eigenvalue weighted by atomic mass is 9.90. The van der Waals surface area contributed by atoms with Gasteiger partial charge in [0.05, 0.1) is 24.5 Å². The second kappa shape index (κ2) is 12.7. The van der Waals surface area contributed by atoms with Crippen molar-refractivity contribution in [2.45, 2.75) is 65.4 Å². The van der Waals surface area contributed by atoms with Crippen LogP contribution in [0.2, 0.25) is 0 Å². The van der Waals surface area contributed by atoms with Gasteiger partial charge in [-0.25, -0.2) is 0 Å². The van der Waals surface area contributed by atoms with Crippen LogP contribution >= 0.6 is 0 Å². The second-order valence-electron chi connectivity index (χ2n) is 6.75. The van der Waals surface area contributed by atoms with Crippen LogP contribution in [0.1, 0.15) is 59.3 Å². The zero-order chi connectivity index (χ0) is 19.4. The molecule has 3 atom stereocenters. The summed E-state index contributed by atoms with van der Waals surface area (Å²) in [6.07, 6.45) is 8.49. The van der Waals surface area contributed by atoms with E-state index in [0.29, 0.717) is 0 Å². The van der Waals surface area contributed by atoms with E-state index in [2.05, 4.69) is 13.8 Å². The number of aliphatic hydroxyl groups is 2. The zero-order valence-corrected chi connectivity index (χ0v) is 15.4. The average molecular weight is 356 g/mol. The molecule has 144 valence electrons. The molecular formula is C19H32O6. The molecule has 0 amide bonds. The minimum Gasteiger partial charge on any atom is -0.481 e. The summed E-state index contributed by atoms with van der Waals surface area (Å²) in [6.45, 7) is 5.50. The van der Waals surface area contributed by atoms with Gasteiger partial charge in [0.1, 0.15) is 0 Å². The number of hydrogen-bond donors (Lipinski definition) is 4. The maximum absolute atomic E-state index is 10.4. The summed E-state index contributed by atoms with van der Waals surface area (Å²) in [5.74, 6) is -1.54. The third-order valence-corrected chi connectivity index (χ3v) is 4.24. The van der Waals surface area contributed by atoms with E-state index >= 15 is 0 Å². The maximum atomic E-state index is 10.4. The highest BCUT2D eigenvalue weighted by Crippen LogP contribution is 2.23. The van der Waals surface area contributed by atoms with Crippen molar-refractivity contribution in [3.63, 3.8) is 0 Å². The number of aliphatic carboxylic acids is 2. The van der Waals surface area contributed by atoms with Crippen LogP contribution in [0.5, 0.6) is 0 Å². The minimum absolute atomic E-state index is 0.122. The standard InChI is InChI=1S/2C8H12O2.C3H8O2/c2*1-6-2-4-7(5-3-6)8(9)10;1-3(5)2-4/h2*2,7H,3-5H2,1H3,(H,9,10);3-5H,2H2,1H3. The molecule has 0 saturated heterocycles. The Morgan fingerprint density at radius 3 is 1.48 bits per heavy atom. The summed E-state index contributed by atoms with van der Waals surface area (Å²) in [7, 11) is 0. The quantitative estimate of drug-likeness (QED) is 0.578. The topological polar surface area (TPSA) is 115 Å². The lowest BCUT2D eigenvalue weighted by molar-refractivity contribution is -0.142. The van der Waals surface area contributed by atoms with Crippen LogP contribution in [-0.2, 0) is 9.59 Å². The summed E-state index contributed by atoms with van der Waals surface area (Å²) < 4.78 is 0. The van der Waals surface area contributed by atoms with Gasteiger partial charge in [-0.15, -0.1) is 0 Å². The fourth-order valence-electron chi connectivity index (χ4n) is 2.38. The number of carboxylic acids is 2. The number of carboxylic acid groups (broad SMARTS) is 2. The van der Waals surface area contributed by atoms with E-state index in [0.717, 1.165) is 38.5 Å². The number of allylic oxidation sites excluding steroid dienone is 4. The first-order chi connectivity index (χ1) is 11.7. The van der Waals surface area contributed by atoms with Gasteiger partial charge in [-0.1, -0.05) is 23.3 Å². The molecule has 4 N–H and O–H groups in total. The van der Waals surface area contributed by atoms with Crippen LogP contribution in [0.25, 0.3) is 0 Å². The molecule has 0 fully saturated rings. The summed E-state index contributed by atoms with van der Waals surface area (Å²) in [5, 5.41) is 33.2. The molecule has 0 heterocycles. The Hall–Kier alpha value is -1.66. The van der Waals surface area contributed by atoms with Crippen LogP contribution in [0.4, 0.5) is 0 Å². The first kappa shape index (κ1) is 23.3. The van der Waals surface area contributed by atoms with Gasteiger partial charge in [0.15, 0.2) is 0 Å². The number of rotatable bonds is 3. The van der Waals surface area contributed by atoms with Crippen LogP contribution in [0.15, 0.2) is 23.3 Å². The van der Waals surface area contributed by atoms with E-state index in [9.17, 15) is 9.59 Å². The van der Waals surface area contributed by atoms with Crippen molar-refractivity contribution in [1.29, 1.82) is 0 Å². The van der Waals surface area contributed by atoms with Crippen LogP contribution in [0.3, 0.4) is 0 Å². The molecule has 0 radical (unpaired) electrons. The van der Waals surface area contributed by atoms with Crippen molar-refractivity contribution >= 4 is 11.9 Å². The van der Waals surface area contributed by atoms with Crippen LogP contribution in [-0.4, -0.2) is 45.1 Å². The molecule has 0 aromatic heterocycles. The number of carbonyl (C=O) groups is 2. The summed E-state index contributed by atoms with van der Waals surface area (Å²) in [6, 6.07) is 0. The molecule has 0 bridgehead atoms. The van der Waals surface area contributed by atoms with Crippen molar-refractivity contribution < 1.29 is 30.0 Å². The van der Waals surface area contributed by atoms with Crippen molar-refractivity contribution in [1.82, 2.24) is 0 Å². The molecule has 6 heteroatoms. The van der Waals surface area contributed by atoms with Gasteiger partial charge < -0.3 is 20.4 Å². The monoisotopic (exact) mass is 356 g/mol. The first-order valence-electron chi connectivity index (χ1n) is 8.73. The fourth-order valence-corrected chi connectivity index (χ4v) is 2.38. The second-order valence-corrected chi connectivity index (χ2v) is 6.75. The highest BCUT2D eigenvalue weighted by Gasteiger charge is 2.19. The van der Waals surface area contributed by atoms with Gasteiger partial charge in [-0.2, -0.15) is 0 Å². The summed E-state index contributed by atoms with van der Waals surface area (Å²) in [5.41, 5.74) is 2.66. The van der Waals surface area contributed by atoms with E-state index in [4.69, 9.17) is 20.4 Å². The largest absolute Gasteiger partial charge is 0.481 e. The van der Waals surface area contributed by atoms with Crippen molar-refractivity contribution in [3.8, 4) is 0 Å². The SMILES string of the molecule is CC(O)CO.CC1=CCC(C(=O)O)CC1.CC1=CCC(C(=O)O)CC1. The van der Waals surface area contributed by atoms with Gasteiger partial charge in [-0.3, -0.25) is 9.59 Å². The third kappa shape index (κ3) is 11.5. The smallest absolute Gasteiger partial charge is 0.306 e. The Balaban J connectivity index is 0.000000368. The lowest BCUT2D eigenvalue weighted by Gasteiger charge is -2.15. The molecule has 0 saturated carbocycles. The van der Waals surface area contributed by atoms with Crippen LogP contribution < -0.4 is 0 Å². The van der Waals surface area contributed by atoms with E-state index in [1.807, 2.05) is 12.2 Å². The number of hydrogen-bond acceptors (Lipinski definition) is 4. The van der Waals surface area contributed by atoms with E-state index in [1.54, 1.807) is 0 Å². The third-order valence-electron chi connectivity index (χ3n) is 4.24. The molecule has 2 rings (SSSR count). The molecule has 6 nitrogen and oxygen atoms in total. The molecule has 2 aliphatic carbocycles. The average Bonchev–Trinajstić information content (AvgIpc) is 2.56. The Bertz CT molecular complexity index is 438. The van der Waals surface area contributed by atoms with Gasteiger partial charge >= 0.3 is 11.9 Å². The molecule has 0 spiro atoms. The molecular weight excluding hydrogens is 324 g/mol. The first-order valence-corrected chi connectivity index (χ1v) is 8.73. The molecule has 0 aliphatic heterocycles. The van der Waals surface area contributed by atoms with Gasteiger partial charge in [0.25, 0.3) is 0 Å². The van der Waals surface area contributed by atoms with Crippen LogP contribution in [0, 0.1) is 11.8 Å². The highest BCUT2D eigenvalue weighted by atomic mass is 16.4. The Kier molecular flexibility index (Phi) is 11.8. The minimum atomic E-state index is -0.649. The van der Waals surface area contributed by atoms with Gasteiger partial charge in [-0.05, 0) is 59.3 Å². The molecule has 2 aliphatic rings. The van der Waals surface area contributed by atoms with Crippen molar-refractivity contribution in [2.75, 3.05) is 6.61 Å². The number of aliphatic hydroxyl groups excluding tert-OH is 2. The van der Waals surface area contributed by atoms with E-state index < -0.39 is 18.0 Å². The molecule has 3 unspecified atom stereocenters. The fraction of sp³-hybridized carbons (Fsp3) is 0.684. The summed E-state index contributed by atoms with van der Waals surface area (Å²) >= 11 is 0. The van der Waals surface area contributed by atoms with Crippen molar-refractivity contribution in [3.05, 3.63) is 23.3 Å². The molecule has 0 aromatic carbocycles. The Morgan fingerprint density at radius 2 is 1.32 bits per heavy atom. The Morgan fingerprint density at radius 1 is 1.00 bits per heavy atom. The van der Waals surface area contributed by atoms with E-state index in [1.165, 1.54) is 18.1 Å². The predicted octanol–water partition coefficient (Wildman–Crippen LogP) is 2.99. The van der Waals surface area contributed by atoms with E-state index in [-0.39, 0.29) is 18.4 Å². The van der Waals surface area contributed by atoms with Gasteiger partial charge in [0, 0.05) is 0 Å². The zero-order valence-electron chi connectivity index (χ0n) is 15.4. The normalized spacial score (nSPS) is 23.6. The van der Waals surface area contributed by atoms with Crippen molar-refractivity contribution in [2.24, 2.45) is 11.8 Å². The maximum Gasteiger partial charge on any atom is 0.306 e. The molecule has 0 aromatic rings. The lowest BCUT2D eigenvalue weighted by Crippen LogP contribution is -2.15.